The smallest absolute Gasteiger partial charge is 0.317 e. The average Bonchev–Trinajstić information content (AvgIpc) is 2.38. The van der Waals surface area contributed by atoms with Gasteiger partial charge in [-0.05, 0) is 38.5 Å². The molecule has 0 saturated carbocycles. The molecule has 2 unspecified atom stereocenters. The second-order valence-electron chi connectivity index (χ2n) is 5.88. The van der Waals surface area contributed by atoms with Crippen molar-refractivity contribution in [1.82, 2.24) is 10.2 Å². The summed E-state index contributed by atoms with van der Waals surface area (Å²) in [4.78, 5) is 24.6. The number of ether oxygens (including phenoxy) is 1. The molecule has 6 heteroatoms. The number of hydrogen-bond donors (Lipinski definition) is 2. The number of piperidine rings is 1. The number of urea groups is 1. The molecule has 2 fully saturated rings. The van der Waals surface area contributed by atoms with Crippen LogP contribution in [0, 0.1) is 5.92 Å². The molecule has 6 nitrogen and oxygen atoms in total. The number of carbonyl (C=O) groups excluding carboxylic acids is 1. The van der Waals surface area contributed by atoms with E-state index >= 15 is 0 Å². The fraction of sp³-hybridized carbons (Fsp3) is 0.857. The van der Waals surface area contributed by atoms with E-state index < -0.39 is 5.97 Å². The van der Waals surface area contributed by atoms with Crippen LogP contribution in [0.15, 0.2) is 0 Å². The molecule has 0 aromatic heterocycles. The summed E-state index contributed by atoms with van der Waals surface area (Å²) in [5.74, 6) is -0.538. The van der Waals surface area contributed by atoms with E-state index in [0.717, 1.165) is 25.7 Å². The van der Waals surface area contributed by atoms with Crippen LogP contribution in [0.4, 0.5) is 4.79 Å². The van der Waals surface area contributed by atoms with Gasteiger partial charge in [0.15, 0.2) is 0 Å². The fourth-order valence-corrected chi connectivity index (χ4v) is 2.98. The third-order valence-electron chi connectivity index (χ3n) is 4.18. The Bertz CT molecular complexity index is 353. The predicted molar refractivity (Wildman–Crippen MR) is 73.5 cm³/mol. The van der Waals surface area contributed by atoms with Crippen molar-refractivity contribution in [3.8, 4) is 0 Å². The molecule has 114 valence electrons. The lowest BCUT2D eigenvalue weighted by molar-refractivity contribution is -0.138. The minimum Gasteiger partial charge on any atom is -0.481 e. The summed E-state index contributed by atoms with van der Waals surface area (Å²) in [6, 6.07) is 0.181. The number of carbonyl (C=O) groups is 2. The number of aliphatic carboxylic acids is 1. The van der Waals surface area contributed by atoms with Gasteiger partial charge in [0.2, 0.25) is 0 Å². The molecular weight excluding hydrogens is 260 g/mol. The normalized spacial score (nSPS) is 28.1. The van der Waals surface area contributed by atoms with E-state index in [2.05, 4.69) is 5.32 Å². The van der Waals surface area contributed by atoms with E-state index in [1.807, 2.05) is 6.92 Å². The van der Waals surface area contributed by atoms with Crippen LogP contribution >= 0.6 is 0 Å². The molecule has 0 aromatic carbocycles. The molecule has 2 atom stereocenters. The first-order chi connectivity index (χ1) is 9.54. The van der Waals surface area contributed by atoms with E-state index in [1.165, 1.54) is 0 Å². The van der Waals surface area contributed by atoms with Gasteiger partial charge in [0.05, 0.1) is 6.10 Å². The molecule has 0 radical (unpaired) electrons. The van der Waals surface area contributed by atoms with Crippen molar-refractivity contribution in [2.24, 2.45) is 5.92 Å². The summed E-state index contributed by atoms with van der Waals surface area (Å²) in [6.45, 7) is 4.04. The van der Waals surface area contributed by atoms with Gasteiger partial charge in [0.1, 0.15) is 0 Å². The maximum absolute atomic E-state index is 12.2. The average molecular weight is 284 g/mol. The quantitative estimate of drug-likeness (QED) is 0.822. The summed E-state index contributed by atoms with van der Waals surface area (Å²) < 4.78 is 5.47. The molecule has 0 bridgehead atoms. The predicted octanol–water partition coefficient (Wildman–Crippen LogP) is 1.45. The van der Waals surface area contributed by atoms with Gasteiger partial charge in [-0.1, -0.05) is 0 Å². The molecule has 2 rings (SSSR count). The van der Waals surface area contributed by atoms with Crippen LogP contribution in [0.5, 0.6) is 0 Å². The Kier molecular flexibility index (Phi) is 5.23. The summed E-state index contributed by atoms with van der Waals surface area (Å²) >= 11 is 0. The topological polar surface area (TPSA) is 78.9 Å². The number of amides is 2. The Hall–Kier alpha value is -1.30. The highest BCUT2D eigenvalue weighted by Gasteiger charge is 2.27. The Morgan fingerprint density at radius 2 is 2.00 bits per heavy atom. The van der Waals surface area contributed by atoms with Crippen LogP contribution in [0.2, 0.25) is 0 Å². The molecule has 2 aliphatic rings. The van der Waals surface area contributed by atoms with E-state index in [4.69, 9.17) is 9.84 Å². The maximum atomic E-state index is 12.2. The monoisotopic (exact) mass is 284 g/mol. The third kappa shape index (κ3) is 4.37. The van der Waals surface area contributed by atoms with Crippen LogP contribution in [0.3, 0.4) is 0 Å². The molecular formula is C14H24N2O4. The molecule has 0 aliphatic carbocycles. The summed E-state index contributed by atoms with van der Waals surface area (Å²) in [5, 5.41) is 11.8. The Morgan fingerprint density at radius 3 is 2.60 bits per heavy atom. The lowest BCUT2D eigenvalue weighted by Crippen LogP contribution is -2.50. The Balaban J connectivity index is 1.73. The van der Waals surface area contributed by atoms with Crippen molar-refractivity contribution >= 4 is 12.0 Å². The van der Waals surface area contributed by atoms with Gasteiger partial charge in [0.25, 0.3) is 0 Å². The van der Waals surface area contributed by atoms with Crippen LogP contribution < -0.4 is 5.32 Å². The molecule has 0 spiro atoms. The van der Waals surface area contributed by atoms with Crippen LogP contribution in [0.1, 0.15) is 39.0 Å². The first-order valence-electron chi connectivity index (χ1n) is 7.43. The first-order valence-corrected chi connectivity index (χ1v) is 7.43. The van der Waals surface area contributed by atoms with Crippen molar-refractivity contribution in [3.05, 3.63) is 0 Å². The van der Waals surface area contributed by atoms with Gasteiger partial charge in [-0.2, -0.15) is 0 Å². The first kappa shape index (κ1) is 15.1. The highest BCUT2D eigenvalue weighted by atomic mass is 16.5. The molecule has 0 aromatic rings. The molecule has 2 N–H and O–H groups in total. The van der Waals surface area contributed by atoms with E-state index in [-0.39, 0.29) is 30.5 Å². The maximum Gasteiger partial charge on any atom is 0.317 e. The van der Waals surface area contributed by atoms with Gasteiger partial charge in [-0.15, -0.1) is 0 Å². The summed E-state index contributed by atoms with van der Waals surface area (Å²) in [7, 11) is 0. The van der Waals surface area contributed by atoms with Crippen molar-refractivity contribution in [1.29, 1.82) is 0 Å². The third-order valence-corrected chi connectivity index (χ3v) is 4.18. The largest absolute Gasteiger partial charge is 0.481 e. The number of nitrogens with zero attached hydrogens (tertiary/aromatic N) is 1. The molecule has 2 saturated heterocycles. The van der Waals surface area contributed by atoms with Gasteiger partial charge in [0, 0.05) is 32.2 Å². The van der Waals surface area contributed by atoms with E-state index in [0.29, 0.717) is 19.7 Å². The SMILES string of the molecule is CC1CC(NC(=O)N2CCC(CC(=O)O)CC2)CCO1. The summed E-state index contributed by atoms with van der Waals surface area (Å²) in [5.41, 5.74) is 0. The number of likely N-dealkylation sites (tertiary alicyclic amines) is 1. The van der Waals surface area contributed by atoms with Crippen molar-refractivity contribution in [3.63, 3.8) is 0 Å². The second-order valence-corrected chi connectivity index (χ2v) is 5.88. The molecule has 2 heterocycles. The number of nitrogens with one attached hydrogen (secondary N) is 1. The lowest BCUT2D eigenvalue weighted by atomic mass is 9.94. The van der Waals surface area contributed by atoms with Gasteiger partial charge in [-0.3, -0.25) is 4.79 Å². The highest BCUT2D eigenvalue weighted by molar-refractivity contribution is 5.74. The second kappa shape index (κ2) is 6.92. The fourth-order valence-electron chi connectivity index (χ4n) is 2.98. The number of carboxylic acid groups (broad SMARTS) is 1. The van der Waals surface area contributed by atoms with Crippen LogP contribution in [-0.2, 0) is 9.53 Å². The number of carboxylic acids is 1. The molecule has 2 amide bonds. The molecule has 2 aliphatic heterocycles. The van der Waals surface area contributed by atoms with Gasteiger partial charge >= 0.3 is 12.0 Å². The minimum absolute atomic E-state index is 0.0159. The minimum atomic E-state index is -0.746. The zero-order chi connectivity index (χ0) is 14.5. The highest BCUT2D eigenvalue weighted by Crippen LogP contribution is 2.21. The summed E-state index contributed by atoms with van der Waals surface area (Å²) in [6.07, 6.45) is 3.71. The Labute approximate surface area is 119 Å². The van der Waals surface area contributed by atoms with Crippen molar-refractivity contribution in [2.75, 3.05) is 19.7 Å². The standard InChI is InChI=1S/C14H24N2O4/c1-10-8-12(4-7-20-10)15-14(19)16-5-2-11(3-6-16)9-13(17)18/h10-12H,2-9H2,1H3,(H,15,19)(H,17,18). The molecule has 20 heavy (non-hydrogen) atoms. The van der Waals surface area contributed by atoms with Crippen molar-refractivity contribution in [2.45, 2.75) is 51.2 Å². The number of rotatable bonds is 3. The van der Waals surface area contributed by atoms with Gasteiger partial charge in [-0.25, -0.2) is 4.79 Å². The van der Waals surface area contributed by atoms with Crippen LogP contribution in [-0.4, -0.2) is 53.8 Å². The van der Waals surface area contributed by atoms with Crippen molar-refractivity contribution < 1.29 is 19.4 Å². The zero-order valence-corrected chi connectivity index (χ0v) is 12.0. The van der Waals surface area contributed by atoms with Crippen LogP contribution in [0.25, 0.3) is 0 Å². The lowest BCUT2D eigenvalue weighted by Gasteiger charge is -2.34. The van der Waals surface area contributed by atoms with E-state index in [1.54, 1.807) is 4.90 Å². The Morgan fingerprint density at radius 1 is 1.30 bits per heavy atom. The van der Waals surface area contributed by atoms with E-state index in [9.17, 15) is 9.59 Å². The van der Waals surface area contributed by atoms with Gasteiger partial charge < -0.3 is 20.1 Å². The zero-order valence-electron chi connectivity index (χ0n) is 12.0. The number of hydrogen-bond acceptors (Lipinski definition) is 3.